The number of ether oxygens (including phenoxy) is 4. The molecule has 3 N–H and O–H groups in total. The van der Waals surface area contributed by atoms with Crippen LogP contribution in [0.25, 0.3) is 0 Å². The van der Waals surface area contributed by atoms with Crippen molar-refractivity contribution in [3.05, 3.63) is 0 Å². The highest BCUT2D eigenvalue weighted by molar-refractivity contribution is 7.47. The minimum Gasteiger partial charge on any atom is -0.462 e. The third-order valence-corrected chi connectivity index (χ3v) is 19.9. The van der Waals surface area contributed by atoms with Gasteiger partial charge in [-0.05, 0) is 49.4 Å². The van der Waals surface area contributed by atoms with E-state index in [-0.39, 0.29) is 25.7 Å². The minimum atomic E-state index is -4.96. The number of phosphoric acid groups is 2. The van der Waals surface area contributed by atoms with Gasteiger partial charge in [-0.1, -0.05) is 325 Å². The highest BCUT2D eigenvalue weighted by atomic mass is 31.2. The van der Waals surface area contributed by atoms with Gasteiger partial charge in [0, 0.05) is 25.7 Å². The second-order valence-corrected chi connectivity index (χ2v) is 31.4. The number of phosphoric ester groups is 2. The summed E-state index contributed by atoms with van der Waals surface area (Å²) in [5.41, 5.74) is 0. The minimum absolute atomic E-state index is 0.103. The van der Waals surface area contributed by atoms with Gasteiger partial charge in [-0.15, -0.1) is 0 Å². The van der Waals surface area contributed by atoms with Crippen LogP contribution in [0.5, 0.6) is 0 Å². The average Bonchev–Trinajstić information content (AvgIpc) is 1.55. The van der Waals surface area contributed by atoms with Crippen LogP contribution in [0.4, 0.5) is 0 Å². The predicted octanol–water partition coefficient (Wildman–Crippen LogP) is 21.7. The lowest BCUT2D eigenvalue weighted by Gasteiger charge is -2.21. The van der Waals surface area contributed by atoms with Gasteiger partial charge in [-0.2, -0.15) is 0 Å². The number of esters is 4. The number of hydrogen-bond acceptors (Lipinski definition) is 15. The van der Waals surface area contributed by atoms with Crippen LogP contribution in [-0.2, 0) is 65.4 Å². The van der Waals surface area contributed by atoms with E-state index in [0.29, 0.717) is 31.6 Å². The summed E-state index contributed by atoms with van der Waals surface area (Å²) in [6.07, 6.45) is 48.7. The Kier molecular flexibility index (Phi) is 63.1. The first-order chi connectivity index (χ1) is 45.2. The summed E-state index contributed by atoms with van der Waals surface area (Å²) in [4.78, 5) is 72.7. The van der Waals surface area contributed by atoms with Crippen molar-refractivity contribution in [1.29, 1.82) is 0 Å². The van der Waals surface area contributed by atoms with Gasteiger partial charge in [-0.3, -0.25) is 37.3 Å². The van der Waals surface area contributed by atoms with Crippen LogP contribution in [-0.4, -0.2) is 96.7 Å². The van der Waals surface area contributed by atoms with Crippen molar-refractivity contribution in [3.8, 4) is 0 Å². The molecule has 0 spiro atoms. The Balaban J connectivity index is 5.20. The lowest BCUT2D eigenvalue weighted by Crippen LogP contribution is -2.30. The molecule has 5 unspecified atom stereocenters. The fourth-order valence-electron chi connectivity index (χ4n) is 11.3. The number of unbranched alkanes of at least 4 members (excludes halogenated alkanes) is 36. The maximum absolute atomic E-state index is 13.0. The van der Waals surface area contributed by atoms with Gasteiger partial charge < -0.3 is 33.8 Å². The molecule has 0 radical (unpaired) electrons. The molecule has 0 aromatic carbocycles. The molecule has 0 fully saturated rings. The van der Waals surface area contributed by atoms with Crippen molar-refractivity contribution < 1.29 is 80.2 Å². The third kappa shape index (κ3) is 66.0. The number of rotatable bonds is 72. The van der Waals surface area contributed by atoms with Gasteiger partial charge >= 0.3 is 39.5 Å². The van der Waals surface area contributed by atoms with Crippen LogP contribution in [0.3, 0.4) is 0 Å². The van der Waals surface area contributed by atoms with E-state index < -0.39 is 97.5 Å². The van der Waals surface area contributed by atoms with E-state index in [1.165, 1.54) is 173 Å². The van der Waals surface area contributed by atoms with Crippen LogP contribution in [0.15, 0.2) is 0 Å². The Hall–Kier alpha value is -1.94. The standard InChI is InChI=1S/C75H146O17P2/c1-9-67(7)53-45-37-29-23-19-15-11-12-16-20-24-30-39-47-55-72(77)85-62-71(92-75(80)58-50-42-34-33-38-46-54-68(8)10-2)64-90-94(83,84)88-60-69(76)59-87-93(81,82)89-63-70(61-86-73(78)56-48-40-32-26-28-36-44-52-66(5)6)91-74(79)57-49-41-31-25-21-17-13-14-18-22-27-35-43-51-65(3)4/h65-71,76H,9-64H2,1-8H3,(H,81,82)(H,83,84)/t67?,68?,69?,70-,71-/m1/s1. The second kappa shape index (κ2) is 64.4. The summed E-state index contributed by atoms with van der Waals surface area (Å²) in [6, 6.07) is 0. The molecule has 0 aromatic rings. The summed E-state index contributed by atoms with van der Waals surface area (Å²) >= 11 is 0. The molecule has 0 rings (SSSR count). The van der Waals surface area contributed by atoms with E-state index in [2.05, 4.69) is 55.4 Å². The molecule has 0 aromatic heterocycles. The predicted molar refractivity (Wildman–Crippen MR) is 381 cm³/mol. The molecular weight excluding hydrogens is 1230 g/mol. The Morgan fingerprint density at radius 1 is 0.298 bits per heavy atom. The summed E-state index contributed by atoms with van der Waals surface area (Å²) in [7, 11) is -9.91. The van der Waals surface area contributed by atoms with Crippen molar-refractivity contribution in [2.45, 2.75) is 395 Å². The second-order valence-electron chi connectivity index (χ2n) is 28.5. The molecule has 17 nitrogen and oxygen atoms in total. The molecule has 0 bridgehead atoms. The largest absolute Gasteiger partial charge is 0.472 e. The number of hydrogen-bond donors (Lipinski definition) is 3. The van der Waals surface area contributed by atoms with Crippen molar-refractivity contribution in [2.24, 2.45) is 23.7 Å². The van der Waals surface area contributed by atoms with E-state index in [4.69, 9.17) is 37.0 Å². The third-order valence-electron chi connectivity index (χ3n) is 18.0. The molecule has 94 heavy (non-hydrogen) atoms. The monoisotopic (exact) mass is 1380 g/mol. The van der Waals surface area contributed by atoms with E-state index >= 15 is 0 Å². The molecule has 0 saturated carbocycles. The van der Waals surface area contributed by atoms with Crippen LogP contribution >= 0.6 is 15.6 Å². The molecule has 19 heteroatoms. The maximum Gasteiger partial charge on any atom is 0.472 e. The van der Waals surface area contributed by atoms with Crippen molar-refractivity contribution in [3.63, 3.8) is 0 Å². The summed E-state index contributed by atoms with van der Waals surface area (Å²) < 4.78 is 68.4. The van der Waals surface area contributed by atoms with E-state index in [9.17, 15) is 43.2 Å². The normalized spacial score (nSPS) is 14.7. The van der Waals surface area contributed by atoms with Gasteiger partial charge in [0.1, 0.15) is 19.3 Å². The molecule has 558 valence electrons. The van der Waals surface area contributed by atoms with Gasteiger partial charge in [0.25, 0.3) is 0 Å². The van der Waals surface area contributed by atoms with E-state index in [0.717, 1.165) is 114 Å². The fourth-order valence-corrected chi connectivity index (χ4v) is 12.9. The maximum atomic E-state index is 13.0. The average molecular weight is 1380 g/mol. The Labute approximate surface area is 575 Å². The van der Waals surface area contributed by atoms with E-state index in [1.54, 1.807) is 0 Å². The van der Waals surface area contributed by atoms with Crippen LogP contribution in [0, 0.1) is 23.7 Å². The fraction of sp³-hybridized carbons (Fsp3) is 0.947. The molecule has 0 aliphatic carbocycles. The number of aliphatic hydroxyl groups excluding tert-OH is 1. The Morgan fingerprint density at radius 3 is 0.755 bits per heavy atom. The zero-order chi connectivity index (χ0) is 69.6. The molecular formula is C75H146O17P2. The zero-order valence-corrected chi connectivity index (χ0v) is 63.4. The summed E-state index contributed by atoms with van der Waals surface area (Å²) in [6.45, 7) is 14.2. The Bertz CT molecular complexity index is 1850. The van der Waals surface area contributed by atoms with Gasteiger partial charge in [0.05, 0.1) is 26.4 Å². The summed E-state index contributed by atoms with van der Waals surface area (Å²) in [5, 5.41) is 10.6. The zero-order valence-electron chi connectivity index (χ0n) is 61.6. The SMILES string of the molecule is CCC(C)CCCCCCCCCCCCCCCCC(=O)OC[C@H](COP(=O)(O)OCC(O)COP(=O)(O)OC[C@@H](COC(=O)CCCCCCCCCC(C)C)OC(=O)CCCCCCCCCCCCCCCC(C)C)OC(=O)CCCCCCCCC(C)CC. The highest BCUT2D eigenvalue weighted by Gasteiger charge is 2.30. The molecule has 0 saturated heterocycles. The first kappa shape index (κ1) is 92.1. The van der Waals surface area contributed by atoms with Crippen LogP contribution in [0.2, 0.25) is 0 Å². The van der Waals surface area contributed by atoms with Crippen molar-refractivity contribution in [2.75, 3.05) is 39.6 Å². The smallest absolute Gasteiger partial charge is 0.462 e. The summed E-state index contributed by atoms with van der Waals surface area (Å²) in [5.74, 6) is 0.936. The Morgan fingerprint density at radius 2 is 0.511 bits per heavy atom. The van der Waals surface area contributed by atoms with Gasteiger partial charge in [0.2, 0.25) is 0 Å². The first-order valence-electron chi connectivity index (χ1n) is 38.8. The number of carbonyl (C=O) groups is 4. The number of aliphatic hydroxyl groups is 1. The van der Waals surface area contributed by atoms with Crippen LogP contribution in [0.1, 0.15) is 376 Å². The molecule has 0 amide bonds. The van der Waals surface area contributed by atoms with Gasteiger partial charge in [-0.25, -0.2) is 9.13 Å². The van der Waals surface area contributed by atoms with E-state index in [1.807, 2.05) is 0 Å². The van der Waals surface area contributed by atoms with Crippen molar-refractivity contribution >= 4 is 39.5 Å². The number of carbonyl (C=O) groups excluding carboxylic acids is 4. The van der Waals surface area contributed by atoms with Gasteiger partial charge in [0.15, 0.2) is 12.2 Å². The lowest BCUT2D eigenvalue weighted by molar-refractivity contribution is -0.161. The highest BCUT2D eigenvalue weighted by Crippen LogP contribution is 2.45. The molecule has 0 aliphatic rings. The molecule has 0 aliphatic heterocycles. The quantitative estimate of drug-likeness (QED) is 0.0222. The first-order valence-corrected chi connectivity index (χ1v) is 41.8. The van der Waals surface area contributed by atoms with Crippen molar-refractivity contribution in [1.82, 2.24) is 0 Å². The van der Waals surface area contributed by atoms with Crippen LogP contribution < -0.4 is 0 Å². The molecule has 0 heterocycles. The molecule has 7 atom stereocenters. The topological polar surface area (TPSA) is 237 Å². The lowest BCUT2D eigenvalue weighted by atomic mass is 9.99.